The Morgan fingerprint density at radius 1 is 1.24 bits per heavy atom. The first-order chi connectivity index (χ1) is 10.1. The Labute approximate surface area is 129 Å². The third kappa shape index (κ3) is 4.89. The van der Waals surface area contributed by atoms with Crippen LogP contribution >= 0.6 is 11.3 Å². The lowest BCUT2D eigenvalue weighted by Crippen LogP contribution is -2.26. The standard InChI is InChI=1S/C14H19N3O2S2/c1-2-15-9-13-3-4-14(16-10-13)21(18,19)17-7-5-12-6-8-20-11-12/h3-4,6,8,10-11,15,17H,2,5,7,9H2,1H3. The fraction of sp³-hybridized carbons (Fsp3) is 0.357. The van der Waals surface area contributed by atoms with Gasteiger partial charge in [-0.2, -0.15) is 11.3 Å². The Bertz CT molecular complexity index is 637. The van der Waals surface area contributed by atoms with E-state index in [1.165, 1.54) is 0 Å². The highest BCUT2D eigenvalue weighted by Crippen LogP contribution is 2.08. The van der Waals surface area contributed by atoms with Crippen LogP contribution in [0, 0.1) is 0 Å². The molecule has 0 spiro atoms. The summed E-state index contributed by atoms with van der Waals surface area (Å²) in [6.45, 7) is 3.95. The summed E-state index contributed by atoms with van der Waals surface area (Å²) in [5.41, 5.74) is 2.10. The average molecular weight is 325 g/mol. The molecule has 0 bridgehead atoms. The van der Waals surface area contributed by atoms with Crippen LogP contribution in [-0.2, 0) is 23.0 Å². The van der Waals surface area contributed by atoms with Crippen LogP contribution in [0.5, 0.6) is 0 Å². The monoisotopic (exact) mass is 325 g/mol. The molecule has 0 amide bonds. The maximum Gasteiger partial charge on any atom is 0.258 e. The smallest absolute Gasteiger partial charge is 0.258 e. The summed E-state index contributed by atoms with van der Waals surface area (Å²) >= 11 is 1.61. The van der Waals surface area contributed by atoms with Gasteiger partial charge in [0, 0.05) is 19.3 Å². The number of thiophene rings is 1. The Morgan fingerprint density at radius 3 is 2.71 bits per heavy atom. The second kappa shape index (κ2) is 7.65. The number of rotatable bonds is 8. The summed E-state index contributed by atoms with van der Waals surface area (Å²) in [5.74, 6) is 0. The van der Waals surface area contributed by atoms with Crippen LogP contribution in [0.4, 0.5) is 0 Å². The van der Waals surface area contributed by atoms with Crippen LogP contribution in [0.3, 0.4) is 0 Å². The maximum absolute atomic E-state index is 12.1. The van der Waals surface area contributed by atoms with Crippen LogP contribution in [0.1, 0.15) is 18.1 Å². The van der Waals surface area contributed by atoms with Gasteiger partial charge in [0.25, 0.3) is 10.0 Å². The van der Waals surface area contributed by atoms with Crippen molar-refractivity contribution in [3.63, 3.8) is 0 Å². The van der Waals surface area contributed by atoms with E-state index in [0.29, 0.717) is 19.5 Å². The molecule has 2 N–H and O–H groups in total. The van der Waals surface area contributed by atoms with E-state index < -0.39 is 10.0 Å². The van der Waals surface area contributed by atoms with Crippen molar-refractivity contribution in [1.29, 1.82) is 0 Å². The van der Waals surface area contributed by atoms with Crippen LogP contribution in [0.2, 0.25) is 0 Å². The Morgan fingerprint density at radius 2 is 2.10 bits per heavy atom. The zero-order valence-corrected chi connectivity index (χ0v) is 13.5. The first kappa shape index (κ1) is 16.1. The molecule has 0 radical (unpaired) electrons. The third-order valence-corrected chi connectivity index (χ3v) is 5.05. The van der Waals surface area contributed by atoms with Crippen molar-refractivity contribution in [2.45, 2.75) is 24.9 Å². The quantitative estimate of drug-likeness (QED) is 0.776. The minimum atomic E-state index is -3.53. The predicted molar refractivity (Wildman–Crippen MR) is 84.8 cm³/mol. The SMILES string of the molecule is CCNCc1ccc(S(=O)(=O)NCCc2ccsc2)nc1. The highest BCUT2D eigenvalue weighted by atomic mass is 32.2. The molecule has 2 rings (SSSR count). The molecular formula is C14H19N3O2S2. The van der Waals surface area contributed by atoms with Gasteiger partial charge < -0.3 is 5.32 Å². The first-order valence-corrected chi connectivity index (χ1v) is 9.21. The normalized spacial score (nSPS) is 11.7. The number of nitrogens with one attached hydrogen (secondary N) is 2. The van der Waals surface area contributed by atoms with E-state index in [1.807, 2.05) is 23.8 Å². The number of aromatic nitrogens is 1. The van der Waals surface area contributed by atoms with Gasteiger partial charge in [-0.05, 0) is 47.0 Å². The lowest BCUT2D eigenvalue weighted by Gasteiger charge is -2.07. The molecule has 5 nitrogen and oxygen atoms in total. The molecule has 0 fully saturated rings. The molecule has 2 aromatic rings. The summed E-state index contributed by atoms with van der Waals surface area (Å²) in [7, 11) is -3.53. The second-order valence-corrected chi connectivity index (χ2v) is 7.06. The zero-order valence-electron chi connectivity index (χ0n) is 11.9. The minimum absolute atomic E-state index is 0.0630. The van der Waals surface area contributed by atoms with E-state index >= 15 is 0 Å². The zero-order chi connectivity index (χ0) is 15.1. The van der Waals surface area contributed by atoms with Crippen molar-refractivity contribution in [3.05, 3.63) is 46.3 Å². The van der Waals surface area contributed by atoms with E-state index in [-0.39, 0.29) is 5.03 Å². The number of nitrogens with zero attached hydrogens (tertiary/aromatic N) is 1. The molecule has 2 heterocycles. The van der Waals surface area contributed by atoms with Gasteiger partial charge in [0.2, 0.25) is 0 Å². The van der Waals surface area contributed by atoms with Crippen molar-refractivity contribution in [2.75, 3.05) is 13.1 Å². The van der Waals surface area contributed by atoms with Gasteiger partial charge in [0.1, 0.15) is 0 Å². The lowest BCUT2D eigenvalue weighted by molar-refractivity contribution is 0.577. The topological polar surface area (TPSA) is 71.1 Å². The Balaban J connectivity index is 1.92. The lowest BCUT2D eigenvalue weighted by atomic mass is 10.2. The number of hydrogen-bond acceptors (Lipinski definition) is 5. The van der Waals surface area contributed by atoms with Gasteiger partial charge in [-0.15, -0.1) is 0 Å². The molecule has 21 heavy (non-hydrogen) atoms. The largest absolute Gasteiger partial charge is 0.313 e. The third-order valence-electron chi connectivity index (χ3n) is 2.94. The Hall–Kier alpha value is -1.28. The van der Waals surface area contributed by atoms with E-state index in [2.05, 4.69) is 15.0 Å². The summed E-state index contributed by atoms with van der Waals surface area (Å²) in [5, 5.41) is 7.23. The maximum atomic E-state index is 12.1. The summed E-state index contributed by atoms with van der Waals surface area (Å²) in [6.07, 6.45) is 2.28. The minimum Gasteiger partial charge on any atom is -0.313 e. The highest BCUT2D eigenvalue weighted by molar-refractivity contribution is 7.89. The van der Waals surface area contributed by atoms with Crippen molar-refractivity contribution in [3.8, 4) is 0 Å². The fourth-order valence-electron chi connectivity index (χ4n) is 1.78. The summed E-state index contributed by atoms with van der Waals surface area (Å²) in [6, 6.07) is 5.31. The Kier molecular flexibility index (Phi) is 5.86. The predicted octanol–water partition coefficient (Wildman–Crippen LogP) is 1.77. The molecule has 0 aliphatic carbocycles. The van der Waals surface area contributed by atoms with Crippen LogP contribution in [0.15, 0.2) is 40.2 Å². The van der Waals surface area contributed by atoms with Gasteiger partial charge in [-0.1, -0.05) is 13.0 Å². The fourth-order valence-corrected chi connectivity index (χ4v) is 3.44. The van der Waals surface area contributed by atoms with E-state index in [9.17, 15) is 8.42 Å². The van der Waals surface area contributed by atoms with E-state index in [0.717, 1.165) is 17.7 Å². The first-order valence-electron chi connectivity index (χ1n) is 6.78. The molecule has 0 aromatic carbocycles. The van der Waals surface area contributed by atoms with E-state index in [4.69, 9.17) is 0 Å². The van der Waals surface area contributed by atoms with Crippen LogP contribution in [-0.4, -0.2) is 26.5 Å². The number of pyridine rings is 1. The van der Waals surface area contributed by atoms with Gasteiger partial charge in [0.05, 0.1) is 0 Å². The molecule has 0 unspecified atom stereocenters. The molecule has 114 valence electrons. The van der Waals surface area contributed by atoms with Crippen molar-refractivity contribution in [1.82, 2.24) is 15.0 Å². The average Bonchev–Trinajstić information content (AvgIpc) is 2.98. The summed E-state index contributed by atoms with van der Waals surface area (Å²) < 4.78 is 26.8. The van der Waals surface area contributed by atoms with Crippen LogP contribution in [0.25, 0.3) is 0 Å². The molecule has 0 atom stereocenters. The van der Waals surface area contributed by atoms with Crippen molar-refractivity contribution < 1.29 is 8.42 Å². The van der Waals surface area contributed by atoms with Gasteiger partial charge in [-0.3, -0.25) is 0 Å². The van der Waals surface area contributed by atoms with Gasteiger partial charge in [0.15, 0.2) is 5.03 Å². The van der Waals surface area contributed by atoms with Crippen molar-refractivity contribution >= 4 is 21.4 Å². The molecule has 0 saturated heterocycles. The second-order valence-electron chi connectivity index (χ2n) is 4.56. The van der Waals surface area contributed by atoms with Crippen LogP contribution < -0.4 is 10.0 Å². The molecule has 2 aromatic heterocycles. The molecule has 0 saturated carbocycles. The van der Waals surface area contributed by atoms with Gasteiger partial charge >= 0.3 is 0 Å². The van der Waals surface area contributed by atoms with Crippen molar-refractivity contribution in [2.24, 2.45) is 0 Å². The molecule has 7 heteroatoms. The van der Waals surface area contributed by atoms with E-state index in [1.54, 1.807) is 29.7 Å². The summed E-state index contributed by atoms with van der Waals surface area (Å²) in [4.78, 5) is 4.03. The molecule has 0 aliphatic rings. The number of sulfonamides is 1. The number of hydrogen-bond donors (Lipinski definition) is 2. The molecule has 0 aliphatic heterocycles. The van der Waals surface area contributed by atoms with Gasteiger partial charge in [-0.25, -0.2) is 18.1 Å². The molecular weight excluding hydrogens is 306 g/mol. The highest BCUT2D eigenvalue weighted by Gasteiger charge is 2.14.